The van der Waals surface area contributed by atoms with Crippen LogP contribution in [0.4, 0.5) is 0 Å². The van der Waals surface area contributed by atoms with Gasteiger partial charge in [0.2, 0.25) is 5.91 Å². The lowest BCUT2D eigenvalue weighted by Crippen LogP contribution is -2.61. The van der Waals surface area contributed by atoms with E-state index in [1.54, 1.807) is 4.90 Å². The highest BCUT2D eigenvalue weighted by molar-refractivity contribution is 7.92. The summed E-state index contributed by atoms with van der Waals surface area (Å²) in [4.78, 5) is 14.7. The molecule has 122 valence electrons. The van der Waals surface area contributed by atoms with Crippen molar-refractivity contribution in [2.24, 2.45) is 0 Å². The lowest BCUT2D eigenvalue weighted by atomic mass is 9.94. The first-order valence-corrected chi connectivity index (χ1v) is 9.54. The molecule has 6 nitrogen and oxygen atoms in total. The number of amides is 1. The van der Waals surface area contributed by atoms with Crippen LogP contribution in [0, 0.1) is 0 Å². The number of hydrogen-bond acceptors (Lipinski definition) is 5. The molecule has 0 aromatic carbocycles. The van der Waals surface area contributed by atoms with Gasteiger partial charge >= 0.3 is 0 Å². The number of sulfone groups is 1. The van der Waals surface area contributed by atoms with Crippen molar-refractivity contribution in [3.63, 3.8) is 0 Å². The van der Waals surface area contributed by atoms with Crippen molar-refractivity contribution < 1.29 is 17.9 Å². The molecule has 7 heteroatoms. The smallest absolute Gasteiger partial charge is 0.244 e. The molecule has 2 aliphatic rings. The first kappa shape index (κ1) is 16.7. The van der Waals surface area contributed by atoms with Crippen molar-refractivity contribution in [2.75, 3.05) is 32.4 Å². The summed E-state index contributed by atoms with van der Waals surface area (Å²) in [5.41, 5.74) is 0. The minimum absolute atomic E-state index is 0.00368. The number of piperidine rings is 1. The summed E-state index contributed by atoms with van der Waals surface area (Å²) in [5, 5.41) is 3.14. The summed E-state index contributed by atoms with van der Waals surface area (Å²) in [6.07, 6.45) is 2.67. The number of nitrogens with one attached hydrogen (secondary N) is 1. The van der Waals surface area contributed by atoms with Crippen LogP contribution in [0.2, 0.25) is 0 Å². The summed E-state index contributed by atoms with van der Waals surface area (Å²) in [6.45, 7) is 6.04. The summed E-state index contributed by atoms with van der Waals surface area (Å²) in [5.74, 6) is -0.236. The lowest BCUT2D eigenvalue weighted by Gasteiger charge is -2.43. The molecule has 2 atom stereocenters. The molecule has 0 saturated carbocycles. The van der Waals surface area contributed by atoms with Gasteiger partial charge in [0, 0.05) is 19.3 Å². The van der Waals surface area contributed by atoms with Crippen LogP contribution in [0.3, 0.4) is 0 Å². The molecule has 1 amide bonds. The molecule has 2 saturated heterocycles. The van der Waals surface area contributed by atoms with Crippen molar-refractivity contribution in [3.05, 3.63) is 0 Å². The summed E-state index contributed by atoms with van der Waals surface area (Å²) in [7, 11) is -3.45. The summed E-state index contributed by atoms with van der Waals surface area (Å²) < 4.78 is 29.1. The highest BCUT2D eigenvalue weighted by atomic mass is 32.2. The monoisotopic (exact) mass is 318 g/mol. The molecule has 0 bridgehead atoms. The van der Waals surface area contributed by atoms with E-state index in [4.69, 9.17) is 4.74 Å². The van der Waals surface area contributed by atoms with E-state index in [0.29, 0.717) is 39.0 Å². The zero-order valence-corrected chi connectivity index (χ0v) is 13.9. The molecule has 0 aliphatic carbocycles. The van der Waals surface area contributed by atoms with Gasteiger partial charge in [-0.3, -0.25) is 4.79 Å². The second-order valence-electron chi connectivity index (χ2n) is 6.20. The van der Waals surface area contributed by atoms with Crippen molar-refractivity contribution in [2.45, 2.75) is 50.1 Å². The quantitative estimate of drug-likeness (QED) is 0.803. The highest BCUT2D eigenvalue weighted by Crippen LogP contribution is 2.31. The molecule has 0 spiro atoms. The first-order chi connectivity index (χ1) is 9.80. The number of morpholine rings is 1. The Morgan fingerprint density at radius 2 is 1.95 bits per heavy atom. The molecule has 0 radical (unpaired) electrons. The fraction of sp³-hybridized carbons (Fsp3) is 0.929. The van der Waals surface area contributed by atoms with Gasteiger partial charge in [-0.1, -0.05) is 6.92 Å². The molecule has 21 heavy (non-hydrogen) atoms. The Labute approximate surface area is 127 Å². The maximum absolute atomic E-state index is 13.0. The van der Waals surface area contributed by atoms with Gasteiger partial charge in [-0.05, 0) is 39.3 Å². The van der Waals surface area contributed by atoms with Gasteiger partial charge in [0.1, 0.15) is 0 Å². The molecule has 0 aromatic heterocycles. The normalized spacial score (nSPS) is 30.1. The zero-order valence-electron chi connectivity index (χ0n) is 13.1. The average Bonchev–Trinajstić information content (AvgIpc) is 2.45. The van der Waals surface area contributed by atoms with Crippen LogP contribution in [0.25, 0.3) is 0 Å². The molecule has 0 aromatic rings. The number of carbonyl (C=O) groups excluding carboxylic acids is 1. The lowest BCUT2D eigenvalue weighted by molar-refractivity contribution is -0.148. The summed E-state index contributed by atoms with van der Waals surface area (Å²) in [6, 6.07) is 0. The average molecular weight is 318 g/mol. The van der Waals surface area contributed by atoms with E-state index in [2.05, 4.69) is 5.32 Å². The van der Waals surface area contributed by atoms with Crippen molar-refractivity contribution in [3.8, 4) is 0 Å². The van der Waals surface area contributed by atoms with E-state index in [1.165, 1.54) is 6.26 Å². The van der Waals surface area contributed by atoms with Crippen LogP contribution in [0.1, 0.15) is 33.1 Å². The van der Waals surface area contributed by atoms with E-state index < -0.39 is 14.6 Å². The Kier molecular flexibility index (Phi) is 4.95. The molecule has 2 rings (SSSR count). The van der Waals surface area contributed by atoms with Crippen LogP contribution in [-0.2, 0) is 19.4 Å². The number of nitrogens with zero attached hydrogens (tertiary/aromatic N) is 1. The standard InChI is InChI=1S/C14H26N2O4S/c1-4-12-10-16(9-11(2)20-12)13(17)14(21(3,18)19)5-7-15-8-6-14/h11-12,15H,4-10H2,1-3H3. The minimum atomic E-state index is -3.45. The maximum atomic E-state index is 13.0. The number of carbonyl (C=O) groups is 1. The Balaban J connectivity index is 2.26. The van der Waals surface area contributed by atoms with Gasteiger partial charge < -0.3 is 15.0 Å². The van der Waals surface area contributed by atoms with Crippen LogP contribution >= 0.6 is 0 Å². The largest absolute Gasteiger partial charge is 0.372 e. The van der Waals surface area contributed by atoms with Crippen molar-refractivity contribution in [1.82, 2.24) is 10.2 Å². The number of ether oxygens (including phenoxy) is 1. The zero-order chi connectivity index (χ0) is 15.7. The van der Waals surface area contributed by atoms with Crippen molar-refractivity contribution >= 4 is 15.7 Å². The molecule has 2 aliphatic heterocycles. The molecule has 1 N–H and O–H groups in total. The van der Waals surface area contributed by atoms with E-state index in [9.17, 15) is 13.2 Å². The second kappa shape index (κ2) is 6.22. The van der Waals surface area contributed by atoms with Gasteiger partial charge in [-0.2, -0.15) is 0 Å². The van der Waals surface area contributed by atoms with E-state index in [1.807, 2.05) is 13.8 Å². The van der Waals surface area contributed by atoms with E-state index in [0.717, 1.165) is 6.42 Å². The third-order valence-corrected chi connectivity index (χ3v) is 6.58. The first-order valence-electron chi connectivity index (χ1n) is 7.65. The molecular formula is C14H26N2O4S. The van der Waals surface area contributed by atoms with Crippen molar-refractivity contribution in [1.29, 1.82) is 0 Å². The van der Waals surface area contributed by atoms with Crippen LogP contribution in [-0.4, -0.2) is 68.6 Å². The van der Waals surface area contributed by atoms with Gasteiger partial charge in [-0.25, -0.2) is 8.42 Å². The Hall–Kier alpha value is -0.660. The molecule has 2 heterocycles. The number of hydrogen-bond donors (Lipinski definition) is 1. The maximum Gasteiger partial charge on any atom is 0.244 e. The van der Waals surface area contributed by atoms with Gasteiger partial charge in [0.05, 0.1) is 12.2 Å². The van der Waals surface area contributed by atoms with E-state index >= 15 is 0 Å². The van der Waals surface area contributed by atoms with Crippen LogP contribution in [0.5, 0.6) is 0 Å². The summed E-state index contributed by atoms with van der Waals surface area (Å²) >= 11 is 0. The molecule has 2 fully saturated rings. The van der Waals surface area contributed by atoms with Crippen LogP contribution < -0.4 is 5.32 Å². The predicted octanol–water partition coefficient (Wildman–Crippen LogP) is 0.179. The Morgan fingerprint density at radius 3 is 2.48 bits per heavy atom. The third kappa shape index (κ3) is 3.24. The third-order valence-electron chi connectivity index (χ3n) is 4.58. The van der Waals surface area contributed by atoms with Gasteiger partial charge in [-0.15, -0.1) is 0 Å². The number of rotatable bonds is 3. The SMILES string of the molecule is CCC1CN(C(=O)C2(S(C)(=O)=O)CCNCC2)CC(C)O1. The fourth-order valence-electron chi connectivity index (χ4n) is 3.30. The second-order valence-corrected chi connectivity index (χ2v) is 8.53. The van der Waals surface area contributed by atoms with Gasteiger partial charge in [0.15, 0.2) is 14.6 Å². The minimum Gasteiger partial charge on any atom is -0.372 e. The van der Waals surface area contributed by atoms with Gasteiger partial charge in [0.25, 0.3) is 0 Å². The molecule has 2 unspecified atom stereocenters. The van der Waals surface area contributed by atoms with E-state index in [-0.39, 0.29) is 18.1 Å². The van der Waals surface area contributed by atoms with Crippen LogP contribution in [0.15, 0.2) is 0 Å². The Bertz CT molecular complexity index is 485. The molecular weight excluding hydrogens is 292 g/mol. The topological polar surface area (TPSA) is 75.7 Å². The predicted molar refractivity (Wildman–Crippen MR) is 80.9 cm³/mol. The fourth-order valence-corrected chi connectivity index (χ4v) is 4.69. The highest BCUT2D eigenvalue weighted by Gasteiger charge is 2.51. The Morgan fingerprint density at radius 1 is 1.33 bits per heavy atom.